The van der Waals surface area contributed by atoms with Crippen molar-refractivity contribution >= 4 is 11.7 Å². The van der Waals surface area contributed by atoms with Crippen LogP contribution in [0.4, 0.5) is 0 Å². The summed E-state index contributed by atoms with van der Waals surface area (Å²) in [5.74, 6) is -0.827. The van der Waals surface area contributed by atoms with Gasteiger partial charge in [-0.1, -0.05) is 0 Å². The third-order valence-electron chi connectivity index (χ3n) is 1.91. The van der Waals surface area contributed by atoms with Gasteiger partial charge < -0.3 is 20.4 Å². The maximum atomic E-state index is 10.4. The molecule has 0 aliphatic carbocycles. The average molecular weight is 209 g/mol. The fourth-order valence-corrected chi connectivity index (χ4v) is 1.05. The summed E-state index contributed by atoms with van der Waals surface area (Å²) in [5.41, 5.74) is 0.0100. The lowest BCUT2D eigenvalue weighted by Gasteiger charge is -2.08. The van der Waals surface area contributed by atoms with Crippen LogP contribution in [-0.2, 0) is 4.79 Å². The first-order valence-corrected chi connectivity index (χ1v) is 4.20. The zero-order valence-corrected chi connectivity index (χ0v) is 8.10. The minimum absolute atomic E-state index is 0.342. The zero-order valence-electron chi connectivity index (χ0n) is 8.10. The maximum Gasteiger partial charge on any atom is 0.338 e. The van der Waals surface area contributed by atoms with Gasteiger partial charge in [-0.15, -0.1) is 0 Å². The molecule has 0 bridgehead atoms. The summed E-state index contributed by atoms with van der Waals surface area (Å²) in [6.07, 6.45) is -1.79. The summed E-state index contributed by atoms with van der Waals surface area (Å²) in [6.45, 7) is 0. The Balaban J connectivity index is 2.87. The van der Waals surface area contributed by atoms with Crippen molar-refractivity contribution in [1.82, 2.24) is 0 Å². The normalized spacial score (nSPS) is 11.9. The number of hydrogen-bond acceptors (Lipinski definition) is 4. The van der Waals surface area contributed by atoms with Crippen LogP contribution in [0.1, 0.15) is 5.56 Å². The van der Waals surface area contributed by atoms with E-state index in [1.165, 1.54) is 19.2 Å². The molecule has 0 aromatic heterocycles. The number of carbonyl (C=O) groups is 1. The van der Waals surface area contributed by atoms with E-state index < -0.39 is 12.1 Å². The summed E-state index contributed by atoms with van der Waals surface area (Å²) in [6, 6.07) is 6.23. The molecule has 5 heteroatoms. The Hall–Kier alpha value is -1.88. The molecule has 0 fully saturated rings. The molecule has 80 valence electrons. The Bertz CT molecular complexity index is 372. The molecule has 0 saturated heterocycles. The molecule has 1 atom stereocenters. The minimum atomic E-state index is -1.79. The molecule has 0 saturated carbocycles. The molecule has 3 N–H and O–H groups in total. The fourth-order valence-electron chi connectivity index (χ4n) is 1.05. The van der Waals surface area contributed by atoms with Crippen molar-refractivity contribution in [2.45, 2.75) is 6.10 Å². The maximum absolute atomic E-state index is 10.4. The summed E-state index contributed by atoms with van der Waals surface area (Å²) < 4.78 is 4.91. The summed E-state index contributed by atoms with van der Waals surface area (Å²) in [7, 11) is 1.51. The number of hydrogen-bond donors (Lipinski definition) is 3. The third kappa shape index (κ3) is 2.54. The topological polar surface area (TPSA) is 90.6 Å². The van der Waals surface area contributed by atoms with Gasteiger partial charge in [0.25, 0.3) is 0 Å². The number of rotatable bonds is 4. The lowest BCUT2D eigenvalue weighted by molar-refractivity contribution is -0.143. The molecule has 1 aromatic carbocycles. The van der Waals surface area contributed by atoms with Gasteiger partial charge in [0.1, 0.15) is 5.75 Å². The molecule has 1 rings (SSSR count). The number of ether oxygens (including phenoxy) is 1. The fraction of sp³-hybridized carbons (Fsp3) is 0.200. The Kier molecular flexibility index (Phi) is 3.41. The van der Waals surface area contributed by atoms with Crippen LogP contribution >= 0.6 is 0 Å². The van der Waals surface area contributed by atoms with Crippen LogP contribution in [0.25, 0.3) is 0 Å². The van der Waals surface area contributed by atoms with Crippen molar-refractivity contribution in [1.29, 1.82) is 5.41 Å². The van der Waals surface area contributed by atoms with E-state index in [9.17, 15) is 4.79 Å². The van der Waals surface area contributed by atoms with Crippen LogP contribution in [0.15, 0.2) is 24.3 Å². The number of nitrogens with one attached hydrogen (secondary N) is 1. The van der Waals surface area contributed by atoms with E-state index in [1.54, 1.807) is 12.1 Å². The van der Waals surface area contributed by atoms with Gasteiger partial charge in [-0.25, -0.2) is 4.79 Å². The van der Waals surface area contributed by atoms with E-state index in [2.05, 4.69) is 0 Å². The molecular formula is C10H11NO4. The summed E-state index contributed by atoms with van der Waals surface area (Å²) in [4.78, 5) is 10.4. The standard InChI is InChI=1S/C10H11NO4/c1-15-7-4-2-6(3-5-7)8(11)9(12)10(13)14/h2-5,9,11-12H,1H3,(H,13,14). The van der Waals surface area contributed by atoms with Gasteiger partial charge >= 0.3 is 5.97 Å². The molecule has 0 radical (unpaired) electrons. The first-order chi connectivity index (χ1) is 7.06. The second-order valence-electron chi connectivity index (χ2n) is 2.88. The smallest absolute Gasteiger partial charge is 0.338 e. The summed E-state index contributed by atoms with van der Waals surface area (Å²) >= 11 is 0. The van der Waals surface area contributed by atoms with Crippen LogP contribution in [0.3, 0.4) is 0 Å². The van der Waals surface area contributed by atoms with Crippen LogP contribution in [-0.4, -0.2) is 35.1 Å². The number of aliphatic carboxylic acids is 1. The van der Waals surface area contributed by atoms with E-state index in [0.29, 0.717) is 11.3 Å². The molecule has 0 heterocycles. The number of aliphatic hydroxyl groups excluding tert-OH is 1. The second-order valence-corrected chi connectivity index (χ2v) is 2.88. The molecule has 1 aromatic rings. The molecule has 1 unspecified atom stereocenters. The highest BCUT2D eigenvalue weighted by molar-refractivity contribution is 6.11. The minimum Gasteiger partial charge on any atom is -0.497 e. The number of methoxy groups -OCH3 is 1. The number of aliphatic hydroxyl groups is 1. The Labute approximate surface area is 86.4 Å². The number of benzene rings is 1. The van der Waals surface area contributed by atoms with Crippen molar-refractivity contribution in [3.8, 4) is 5.75 Å². The molecule has 15 heavy (non-hydrogen) atoms. The van der Waals surface area contributed by atoms with Crippen LogP contribution in [0.2, 0.25) is 0 Å². The largest absolute Gasteiger partial charge is 0.497 e. The van der Waals surface area contributed by atoms with E-state index in [1.807, 2.05) is 0 Å². The van der Waals surface area contributed by atoms with Crippen LogP contribution in [0, 0.1) is 5.41 Å². The van der Waals surface area contributed by atoms with E-state index in [4.69, 9.17) is 20.4 Å². The van der Waals surface area contributed by atoms with Crippen molar-refractivity contribution in [3.05, 3.63) is 29.8 Å². The van der Waals surface area contributed by atoms with E-state index in [-0.39, 0.29) is 5.71 Å². The van der Waals surface area contributed by atoms with Gasteiger partial charge in [-0.2, -0.15) is 0 Å². The first-order valence-electron chi connectivity index (χ1n) is 4.20. The monoisotopic (exact) mass is 209 g/mol. The van der Waals surface area contributed by atoms with Crippen molar-refractivity contribution in [2.75, 3.05) is 7.11 Å². The molecular weight excluding hydrogens is 198 g/mol. The van der Waals surface area contributed by atoms with Gasteiger partial charge in [0, 0.05) is 0 Å². The zero-order chi connectivity index (χ0) is 11.4. The van der Waals surface area contributed by atoms with Gasteiger partial charge in [0.05, 0.1) is 12.8 Å². The van der Waals surface area contributed by atoms with Gasteiger partial charge in [-0.05, 0) is 29.8 Å². The molecule has 0 aliphatic heterocycles. The highest BCUT2D eigenvalue weighted by Gasteiger charge is 2.20. The predicted octanol–water partition coefficient (Wildman–Crippen LogP) is 0.509. The third-order valence-corrected chi connectivity index (χ3v) is 1.91. The quantitative estimate of drug-likeness (QED) is 0.630. The Morgan fingerprint density at radius 1 is 1.40 bits per heavy atom. The lowest BCUT2D eigenvalue weighted by Crippen LogP contribution is -2.29. The van der Waals surface area contributed by atoms with Crippen molar-refractivity contribution < 1.29 is 19.7 Å². The van der Waals surface area contributed by atoms with Gasteiger partial charge in [0.15, 0.2) is 6.10 Å². The van der Waals surface area contributed by atoms with E-state index >= 15 is 0 Å². The van der Waals surface area contributed by atoms with Crippen LogP contribution in [0.5, 0.6) is 5.75 Å². The summed E-state index contributed by atoms with van der Waals surface area (Å²) in [5, 5.41) is 25.0. The van der Waals surface area contributed by atoms with Crippen LogP contribution < -0.4 is 4.74 Å². The number of carboxylic acids is 1. The Morgan fingerprint density at radius 3 is 2.33 bits per heavy atom. The highest BCUT2D eigenvalue weighted by Crippen LogP contribution is 2.12. The molecule has 0 aliphatic rings. The van der Waals surface area contributed by atoms with Gasteiger partial charge in [0.2, 0.25) is 0 Å². The average Bonchev–Trinajstić information content (AvgIpc) is 2.27. The number of carboxylic acid groups (broad SMARTS) is 1. The predicted molar refractivity (Wildman–Crippen MR) is 53.5 cm³/mol. The SMILES string of the molecule is COc1ccc(C(=N)C(O)C(=O)O)cc1. The van der Waals surface area contributed by atoms with Gasteiger partial charge in [-0.3, -0.25) is 0 Å². The molecule has 0 amide bonds. The van der Waals surface area contributed by atoms with E-state index in [0.717, 1.165) is 0 Å². The second kappa shape index (κ2) is 4.56. The molecule has 5 nitrogen and oxygen atoms in total. The lowest BCUT2D eigenvalue weighted by atomic mass is 10.1. The first kappa shape index (κ1) is 11.2. The Morgan fingerprint density at radius 2 is 1.93 bits per heavy atom. The molecule has 0 spiro atoms. The van der Waals surface area contributed by atoms with Crippen molar-refractivity contribution in [3.63, 3.8) is 0 Å². The van der Waals surface area contributed by atoms with Crippen molar-refractivity contribution in [2.24, 2.45) is 0 Å². The highest BCUT2D eigenvalue weighted by atomic mass is 16.5.